The molecule has 0 fully saturated rings. The van der Waals surface area contributed by atoms with E-state index in [2.05, 4.69) is 53.4 Å². The van der Waals surface area contributed by atoms with Crippen molar-refractivity contribution in [3.8, 4) is 11.8 Å². The Morgan fingerprint density at radius 2 is 1.87 bits per heavy atom. The van der Waals surface area contributed by atoms with Crippen molar-refractivity contribution < 1.29 is 4.74 Å². The topological polar surface area (TPSA) is 36.3 Å². The molecule has 23 heavy (non-hydrogen) atoms. The molecule has 0 radical (unpaired) electrons. The Labute approximate surface area is 138 Å². The molecule has 1 aliphatic heterocycles. The molecule has 0 bridgehead atoms. The van der Waals surface area contributed by atoms with Crippen LogP contribution in [0.5, 0.6) is 5.75 Å². The summed E-state index contributed by atoms with van der Waals surface area (Å²) < 4.78 is 6.16. The molecule has 0 N–H and O–H groups in total. The maximum atomic E-state index is 8.91. The fraction of sp³-hybridized carbons (Fsp3) is 0.350. The van der Waals surface area contributed by atoms with Crippen LogP contribution in [0.2, 0.25) is 0 Å². The molecule has 2 aromatic rings. The van der Waals surface area contributed by atoms with Gasteiger partial charge >= 0.3 is 0 Å². The van der Waals surface area contributed by atoms with E-state index >= 15 is 0 Å². The van der Waals surface area contributed by atoms with Gasteiger partial charge in [-0.25, -0.2) is 0 Å². The monoisotopic (exact) mass is 306 g/mol. The summed E-state index contributed by atoms with van der Waals surface area (Å²) in [6.07, 6.45) is 2.86. The second-order valence-electron chi connectivity index (χ2n) is 6.02. The summed E-state index contributed by atoms with van der Waals surface area (Å²) in [6.45, 7) is 2.52. The number of para-hydroxylation sites is 1. The Morgan fingerprint density at radius 3 is 2.70 bits per heavy atom. The van der Waals surface area contributed by atoms with E-state index in [1.807, 2.05) is 12.1 Å². The van der Waals surface area contributed by atoms with Gasteiger partial charge in [-0.05, 0) is 30.0 Å². The van der Waals surface area contributed by atoms with Crippen LogP contribution in [-0.4, -0.2) is 24.1 Å². The highest BCUT2D eigenvalue weighted by atomic mass is 16.5. The van der Waals surface area contributed by atoms with Crippen molar-refractivity contribution in [2.45, 2.75) is 31.9 Å². The zero-order valence-electron chi connectivity index (χ0n) is 13.3. The third-order valence-corrected chi connectivity index (χ3v) is 4.25. The summed E-state index contributed by atoms with van der Waals surface area (Å²) >= 11 is 0. The molecule has 3 rings (SSSR count). The van der Waals surface area contributed by atoms with Crippen LogP contribution in [0.15, 0.2) is 54.6 Å². The van der Waals surface area contributed by atoms with E-state index in [0.29, 0.717) is 6.42 Å². The Hall–Kier alpha value is -2.31. The van der Waals surface area contributed by atoms with Gasteiger partial charge in [0.1, 0.15) is 11.9 Å². The minimum atomic E-state index is 0.201. The number of fused-ring (bicyclic) bond motifs is 1. The molecule has 0 spiro atoms. The van der Waals surface area contributed by atoms with Crippen LogP contribution in [0.25, 0.3) is 0 Å². The molecule has 2 aromatic carbocycles. The largest absolute Gasteiger partial charge is 0.489 e. The number of nitrogens with zero attached hydrogens (tertiary/aromatic N) is 2. The van der Waals surface area contributed by atoms with Gasteiger partial charge in [0.15, 0.2) is 0 Å². The summed E-state index contributed by atoms with van der Waals surface area (Å²) in [5.74, 6) is 1.02. The lowest BCUT2D eigenvalue weighted by Crippen LogP contribution is -2.37. The lowest BCUT2D eigenvalue weighted by Gasteiger charge is -2.31. The smallest absolute Gasteiger partial charge is 0.122 e. The van der Waals surface area contributed by atoms with Crippen LogP contribution in [0.3, 0.4) is 0 Å². The average Bonchev–Trinajstić information content (AvgIpc) is 2.60. The number of aryl methyl sites for hydroxylation is 1. The molecule has 3 nitrogen and oxygen atoms in total. The second kappa shape index (κ2) is 7.80. The van der Waals surface area contributed by atoms with Crippen molar-refractivity contribution in [1.29, 1.82) is 5.26 Å². The lowest BCUT2D eigenvalue weighted by atomic mass is 10.0. The second-order valence-corrected chi connectivity index (χ2v) is 6.02. The quantitative estimate of drug-likeness (QED) is 0.814. The average molecular weight is 306 g/mol. The Balaban J connectivity index is 1.63. The van der Waals surface area contributed by atoms with Crippen molar-refractivity contribution in [3.05, 3.63) is 65.7 Å². The first-order valence-electron chi connectivity index (χ1n) is 8.23. The van der Waals surface area contributed by atoms with Crippen LogP contribution < -0.4 is 4.74 Å². The fourth-order valence-corrected chi connectivity index (χ4v) is 3.08. The van der Waals surface area contributed by atoms with Crippen molar-refractivity contribution in [1.82, 2.24) is 4.90 Å². The minimum absolute atomic E-state index is 0.201. The normalized spacial score (nSPS) is 16.4. The van der Waals surface area contributed by atoms with Crippen molar-refractivity contribution in [2.75, 3.05) is 13.1 Å². The number of ether oxygens (including phenoxy) is 1. The summed E-state index contributed by atoms with van der Waals surface area (Å²) in [6, 6.07) is 21.0. The van der Waals surface area contributed by atoms with E-state index in [0.717, 1.165) is 38.2 Å². The molecule has 1 heterocycles. The molecule has 118 valence electrons. The maximum absolute atomic E-state index is 8.91. The van der Waals surface area contributed by atoms with Crippen LogP contribution in [0.1, 0.15) is 24.0 Å². The molecule has 1 unspecified atom stereocenters. The molecule has 0 saturated heterocycles. The first-order valence-corrected chi connectivity index (χ1v) is 8.23. The van der Waals surface area contributed by atoms with Crippen LogP contribution in [0.4, 0.5) is 0 Å². The molecule has 1 atom stereocenters. The van der Waals surface area contributed by atoms with Gasteiger partial charge in [0, 0.05) is 26.1 Å². The lowest BCUT2D eigenvalue weighted by molar-refractivity contribution is 0.111. The van der Waals surface area contributed by atoms with Gasteiger partial charge in [-0.3, -0.25) is 4.90 Å². The zero-order valence-corrected chi connectivity index (χ0v) is 13.3. The molecule has 3 heteroatoms. The third kappa shape index (κ3) is 4.34. The van der Waals surface area contributed by atoms with Gasteiger partial charge in [0.2, 0.25) is 0 Å². The Morgan fingerprint density at radius 1 is 1.09 bits per heavy atom. The summed E-state index contributed by atoms with van der Waals surface area (Å²) in [5, 5.41) is 8.91. The molecular formula is C20H22N2O. The zero-order chi connectivity index (χ0) is 15.9. The number of rotatable bonds is 6. The SMILES string of the molecule is N#CCCN(Cc1ccccc1)CC1CCc2ccccc2O1. The molecule has 1 aliphatic rings. The first kappa shape index (κ1) is 15.6. The standard InChI is InChI=1S/C20H22N2O/c21-13-6-14-22(15-17-7-2-1-3-8-17)16-19-12-11-18-9-4-5-10-20(18)23-19/h1-5,7-10,19H,6,11-12,14-16H2. The van der Waals surface area contributed by atoms with Gasteiger partial charge in [-0.15, -0.1) is 0 Å². The number of nitriles is 1. The fourth-order valence-electron chi connectivity index (χ4n) is 3.08. The van der Waals surface area contributed by atoms with Crippen molar-refractivity contribution in [3.63, 3.8) is 0 Å². The first-order chi connectivity index (χ1) is 11.3. The van der Waals surface area contributed by atoms with Crippen molar-refractivity contribution in [2.24, 2.45) is 0 Å². The highest BCUT2D eigenvalue weighted by Gasteiger charge is 2.21. The Bertz CT molecular complexity index is 663. The van der Waals surface area contributed by atoms with Crippen LogP contribution in [-0.2, 0) is 13.0 Å². The summed E-state index contributed by atoms with van der Waals surface area (Å²) in [5.41, 5.74) is 2.58. The predicted octanol–water partition coefficient (Wildman–Crippen LogP) is 3.80. The third-order valence-electron chi connectivity index (χ3n) is 4.25. The number of hydrogen-bond acceptors (Lipinski definition) is 3. The van der Waals surface area contributed by atoms with E-state index < -0.39 is 0 Å². The molecule has 0 saturated carbocycles. The molecule has 0 amide bonds. The summed E-state index contributed by atoms with van der Waals surface area (Å²) in [4.78, 5) is 2.33. The van der Waals surface area contributed by atoms with Crippen molar-refractivity contribution >= 4 is 0 Å². The predicted molar refractivity (Wildman–Crippen MR) is 91.1 cm³/mol. The molecule has 0 aliphatic carbocycles. The highest BCUT2D eigenvalue weighted by molar-refractivity contribution is 5.35. The minimum Gasteiger partial charge on any atom is -0.489 e. The van der Waals surface area contributed by atoms with Gasteiger partial charge in [-0.2, -0.15) is 5.26 Å². The van der Waals surface area contributed by atoms with Crippen LogP contribution >= 0.6 is 0 Å². The highest BCUT2D eigenvalue weighted by Crippen LogP contribution is 2.27. The van der Waals surface area contributed by atoms with E-state index in [4.69, 9.17) is 10.00 Å². The van der Waals surface area contributed by atoms with E-state index in [-0.39, 0.29) is 6.10 Å². The van der Waals surface area contributed by atoms with E-state index in [1.165, 1.54) is 11.1 Å². The molecular weight excluding hydrogens is 284 g/mol. The summed E-state index contributed by atoms with van der Waals surface area (Å²) in [7, 11) is 0. The van der Waals surface area contributed by atoms with Gasteiger partial charge in [-0.1, -0.05) is 48.5 Å². The van der Waals surface area contributed by atoms with E-state index in [9.17, 15) is 0 Å². The van der Waals surface area contributed by atoms with Gasteiger partial charge < -0.3 is 4.74 Å². The van der Waals surface area contributed by atoms with Gasteiger partial charge in [0.05, 0.1) is 6.07 Å². The maximum Gasteiger partial charge on any atom is 0.122 e. The van der Waals surface area contributed by atoms with Crippen LogP contribution in [0, 0.1) is 11.3 Å². The van der Waals surface area contributed by atoms with Gasteiger partial charge in [0.25, 0.3) is 0 Å². The Kier molecular flexibility index (Phi) is 5.29. The molecule has 0 aromatic heterocycles. The van der Waals surface area contributed by atoms with E-state index in [1.54, 1.807) is 0 Å². The number of hydrogen-bond donors (Lipinski definition) is 0. The number of benzene rings is 2.